The van der Waals surface area contributed by atoms with E-state index in [1.54, 1.807) is 0 Å². The van der Waals surface area contributed by atoms with Gasteiger partial charge in [-0.05, 0) is 38.0 Å². The van der Waals surface area contributed by atoms with Crippen molar-refractivity contribution >= 4 is 22.7 Å². The molecule has 14 heavy (non-hydrogen) atoms. The normalized spacial score (nSPS) is 31.1. The summed E-state index contributed by atoms with van der Waals surface area (Å²) in [4.78, 5) is 23.3. The molecule has 0 bridgehead atoms. The Morgan fingerprint density at radius 3 is 2.71 bits per heavy atom. The van der Waals surface area contributed by atoms with Gasteiger partial charge < -0.3 is 0 Å². The molecule has 0 aromatic heterocycles. The summed E-state index contributed by atoms with van der Waals surface area (Å²) in [5.41, 5.74) is 1.80. The maximum Gasteiger partial charge on any atom is 0.215 e. The molecule has 3 heteroatoms. The van der Waals surface area contributed by atoms with Crippen molar-refractivity contribution in [2.24, 2.45) is 5.41 Å². The molecule has 1 fully saturated rings. The summed E-state index contributed by atoms with van der Waals surface area (Å²) < 4.78 is 0. The van der Waals surface area contributed by atoms with Gasteiger partial charge in [0.05, 0.1) is 0 Å². The second-order valence-electron chi connectivity index (χ2n) is 4.20. The second-order valence-corrected chi connectivity index (χ2v) is 4.98. The Bertz CT molecular complexity index is 343. The minimum Gasteiger partial charge on any atom is -0.299 e. The highest BCUT2D eigenvalue weighted by molar-refractivity contribution is 8.13. The summed E-state index contributed by atoms with van der Waals surface area (Å²) in [6, 6.07) is 0. The number of carbonyl (C=O) groups excluding carboxylic acids is 2. The average Bonchev–Trinajstić information content (AvgIpc) is 2.64. The fourth-order valence-corrected chi connectivity index (χ4v) is 3.08. The Balaban J connectivity index is 2.41. The van der Waals surface area contributed by atoms with Gasteiger partial charge in [-0.3, -0.25) is 9.59 Å². The van der Waals surface area contributed by atoms with Gasteiger partial charge in [0, 0.05) is 17.4 Å². The molecule has 0 heterocycles. The zero-order valence-corrected chi connectivity index (χ0v) is 9.37. The molecule has 76 valence electrons. The fourth-order valence-electron chi connectivity index (χ4n) is 2.61. The van der Waals surface area contributed by atoms with Gasteiger partial charge in [-0.25, -0.2) is 0 Å². The summed E-state index contributed by atoms with van der Waals surface area (Å²) in [6.07, 6.45) is 4.91. The number of ketones is 1. The van der Waals surface area contributed by atoms with Gasteiger partial charge in [-0.2, -0.15) is 0 Å². The van der Waals surface area contributed by atoms with Gasteiger partial charge in [0.2, 0.25) is 5.12 Å². The lowest BCUT2D eigenvalue weighted by Crippen LogP contribution is -2.19. The number of hydrogen-bond acceptors (Lipinski definition) is 3. The van der Waals surface area contributed by atoms with Crippen LogP contribution in [0.15, 0.2) is 11.1 Å². The Kier molecular flexibility index (Phi) is 2.30. The molecule has 0 amide bonds. The number of allylic oxidation sites excluding steroid dienone is 1. The molecule has 2 aliphatic carbocycles. The van der Waals surface area contributed by atoms with Gasteiger partial charge >= 0.3 is 0 Å². The van der Waals surface area contributed by atoms with E-state index in [0.29, 0.717) is 12.2 Å². The Morgan fingerprint density at radius 2 is 2.07 bits per heavy atom. The highest BCUT2D eigenvalue weighted by atomic mass is 32.2. The van der Waals surface area contributed by atoms with E-state index in [9.17, 15) is 9.59 Å². The first-order valence-electron chi connectivity index (χ1n) is 4.93. The van der Waals surface area contributed by atoms with E-state index in [0.717, 1.165) is 30.4 Å². The summed E-state index contributed by atoms with van der Waals surface area (Å²) >= 11 is 1.26. The first-order valence-corrected chi connectivity index (χ1v) is 6.16. The lowest BCUT2D eigenvalue weighted by atomic mass is 9.84. The van der Waals surface area contributed by atoms with Crippen molar-refractivity contribution in [1.29, 1.82) is 0 Å². The van der Waals surface area contributed by atoms with Crippen LogP contribution in [-0.4, -0.2) is 17.2 Å². The van der Waals surface area contributed by atoms with Gasteiger partial charge in [0.1, 0.15) is 5.78 Å². The highest BCUT2D eigenvalue weighted by Gasteiger charge is 2.47. The molecule has 1 unspecified atom stereocenters. The molecule has 2 nitrogen and oxygen atoms in total. The van der Waals surface area contributed by atoms with Crippen molar-refractivity contribution < 1.29 is 9.59 Å². The number of rotatable bonds is 1. The Hall–Kier alpha value is -0.570. The molecule has 0 N–H and O–H groups in total. The summed E-state index contributed by atoms with van der Waals surface area (Å²) in [6.45, 7) is 2.00. The van der Waals surface area contributed by atoms with Crippen molar-refractivity contribution in [3.05, 3.63) is 11.1 Å². The Morgan fingerprint density at radius 1 is 1.36 bits per heavy atom. The van der Waals surface area contributed by atoms with Crippen LogP contribution in [0.3, 0.4) is 0 Å². The molecule has 0 aromatic rings. The lowest BCUT2D eigenvalue weighted by Gasteiger charge is -2.17. The molecule has 2 aliphatic rings. The number of hydrogen-bond donors (Lipinski definition) is 0. The largest absolute Gasteiger partial charge is 0.299 e. The maximum absolute atomic E-state index is 11.7. The first-order chi connectivity index (χ1) is 6.59. The highest BCUT2D eigenvalue weighted by Crippen LogP contribution is 2.51. The molecule has 0 aliphatic heterocycles. The van der Waals surface area contributed by atoms with Crippen LogP contribution in [-0.2, 0) is 9.59 Å². The third kappa shape index (κ3) is 1.18. The zero-order valence-electron chi connectivity index (χ0n) is 8.55. The SMILES string of the molecule is CSC(=O)C1=C2CCC(=O)C2(C)CC1. The van der Waals surface area contributed by atoms with Gasteiger partial charge in [0.15, 0.2) is 0 Å². The summed E-state index contributed by atoms with van der Waals surface area (Å²) in [5, 5.41) is 0.165. The number of thioether (sulfide) groups is 1. The van der Waals surface area contributed by atoms with Crippen molar-refractivity contribution in [3.63, 3.8) is 0 Å². The maximum atomic E-state index is 11.7. The third-order valence-corrected chi connectivity index (χ3v) is 4.17. The molecule has 2 rings (SSSR count). The van der Waals surface area contributed by atoms with Crippen LogP contribution in [0, 0.1) is 5.41 Å². The van der Waals surface area contributed by atoms with Crippen molar-refractivity contribution in [2.75, 3.05) is 6.26 Å². The van der Waals surface area contributed by atoms with Crippen LogP contribution >= 0.6 is 11.8 Å². The van der Waals surface area contributed by atoms with Crippen LogP contribution in [0.4, 0.5) is 0 Å². The van der Waals surface area contributed by atoms with Crippen molar-refractivity contribution in [2.45, 2.75) is 32.6 Å². The summed E-state index contributed by atoms with van der Waals surface area (Å²) in [5.74, 6) is 0.330. The molecule has 0 aromatic carbocycles. The number of Topliss-reactive ketones (excluding diaryl/α,β-unsaturated/α-hetero) is 1. The van der Waals surface area contributed by atoms with E-state index >= 15 is 0 Å². The summed E-state index contributed by atoms with van der Waals surface area (Å²) in [7, 11) is 0. The minimum atomic E-state index is -0.277. The van der Waals surface area contributed by atoms with E-state index in [1.165, 1.54) is 11.8 Å². The van der Waals surface area contributed by atoms with E-state index in [4.69, 9.17) is 0 Å². The smallest absolute Gasteiger partial charge is 0.215 e. The fraction of sp³-hybridized carbons (Fsp3) is 0.636. The van der Waals surface area contributed by atoms with Crippen molar-refractivity contribution in [3.8, 4) is 0 Å². The van der Waals surface area contributed by atoms with Gasteiger partial charge in [-0.1, -0.05) is 11.8 Å². The second kappa shape index (κ2) is 3.23. The molecule has 1 atom stereocenters. The van der Waals surface area contributed by atoms with Crippen LogP contribution in [0.2, 0.25) is 0 Å². The third-order valence-electron chi connectivity index (χ3n) is 3.55. The minimum absolute atomic E-state index is 0.165. The van der Waals surface area contributed by atoms with E-state index < -0.39 is 0 Å². The molecular weight excluding hydrogens is 196 g/mol. The van der Waals surface area contributed by atoms with Crippen LogP contribution in [0.1, 0.15) is 32.6 Å². The van der Waals surface area contributed by atoms with Gasteiger partial charge in [0.25, 0.3) is 0 Å². The molecule has 0 spiro atoms. The number of fused-ring (bicyclic) bond motifs is 1. The average molecular weight is 210 g/mol. The first kappa shape index (κ1) is 9.97. The predicted octanol–water partition coefficient (Wildman–Crippen LogP) is 2.34. The van der Waals surface area contributed by atoms with E-state index in [1.807, 2.05) is 13.2 Å². The predicted molar refractivity (Wildman–Crippen MR) is 57.1 cm³/mol. The number of carbonyl (C=O) groups is 2. The van der Waals surface area contributed by atoms with Gasteiger partial charge in [-0.15, -0.1) is 0 Å². The topological polar surface area (TPSA) is 34.1 Å². The van der Waals surface area contributed by atoms with Crippen LogP contribution < -0.4 is 0 Å². The molecule has 1 saturated carbocycles. The molecular formula is C11H14O2S. The lowest BCUT2D eigenvalue weighted by molar-refractivity contribution is -0.124. The van der Waals surface area contributed by atoms with Crippen LogP contribution in [0.5, 0.6) is 0 Å². The standard InChI is InChI=1S/C11H14O2S/c1-11-6-5-7(10(13)14-2)8(11)3-4-9(11)12/h3-6H2,1-2H3. The molecule has 0 radical (unpaired) electrons. The van der Waals surface area contributed by atoms with E-state index in [-0.39, 0.29) is 10.5 Å². The quantitative estimate of drug-likeness (QED) is 0.666. The Labute approximate surface area is 88.1 Å². The van der Waals surface area contributed by atoms with E-state index in [2.05, 4.69) is 0 Å². The zero-order chi connectivity index (χ0) is 10.3. The molecule has 0 saturated heterocycles. The monoisotopic (exact) mass is 210 g/mol. The van der Waals surface area contributed by atoms with Crippen LogP contribution in [0.25, 0.3) is 0 Å². The van der Waals surface area contributed by atoms with Crippen molar-refractivity contribution in [1.82, 2.24) is 0 Å².